The van der Waals surface area contributed by atoms with Crippen LogP contribution in [-0.4, -0.2) is 0 Å². The monoisotopic (exact) mass is 549 g/mol. The normalized spacial score (nSPS) is 12.0. The molecule has 0 saturated heterocycles. The largest absolute Gasteiger partial charge is 4.00 e. The zero-order chi connectivity index (χ0) is 20.9. The van der Waals surface area contributed by atoms with Gasteiger partial charge in [-0.15, -0.1) is 48.9 Å². The molecule has 0 amide bonds. The maximum atomic E-state index is 7.00. The molecule has 1 nitrogen and oxygen atoms in total. The van der Waals surface area contributed by atoms with Crippen LogP contribution in [0, 0.1) is 18.2 Å². The molecule has 0 aliphatic heterocycles. The van der Waals surface area contributed by atoms with Crippen molar-refractivity contribution in [2.24, 2.45) is 0 Å². The molecule has 3 aromatic carbocycles. The minimum absolute atomic E-state index is 0. The maximum Gasteiger partial charge on any atom is 4.00 e. The van der Waals surface area contributed by atoms with Gasteiger partial charge in [-0.25, -0.2) is 24.3 Å². The van der Waals surface area contributed by atoms with Crippen LogP contribution in [0.1, 0.15) is 24.0 Å². The van der Waals surface area contributed by atoms with E-state index in [0.717, 1.165) is 19.3 Å². The zero-order valence-electron chi connectivity index (χ0n) is 18.3. The van der Waals surface area contributed by atoms with Gasteiger partial charge in [0.15, 0.2) is 0 Å². The van der Waals surface area contributed by atoms with Crippen molar-refractivity contribution in [1.82, 2.24) is 0 Å². The van der Waals surface area contributed by atoms with Gasteiger partial charge >= 0.3 is 26.2 Å². The Morgan fingerprint density at radius 2 is 1.24 bits per heavy atom. The number of hydrogen-bond donors (Lipinski definition) is 0. The van der Waals surface area contributed by atoms with Gasteiger partial charge in [0, 0.05) is 0 Å². The van der Waals surface area contributed by atoms with E-state index in [1.165, 1.54) is 22.3 Å². The van der Waals surface area contributed by atoms with E-state index in [4.69, 9.17) is 5.73 Å². The summed E-state index contributed by atoms with van der Waals surface area (Å²) in [5.41, 5.74) is 13.1. The van der Waals surface area contributed by atoms with Crippen molar-refractivity contribution in [2.45, 2.75) is 19.3 Å². The van der Waals surface area contributed by atoms with Crippen molar-refractivity contribution in [3.8, 4) is 11.1 Å². The van der Waals surface area contributed by atoms with Gasteiger partial charge in [0.05, 0.1) is 0 Å². The Morgan fingerprint density at radius 3 is 1.73 bits per heavy atom. The van der Waals surface area contributed by atoms with Gasteiger partial charge in [0.2, 0.25) is 0 Å². The van der Waals surface area contributed by atoms with E-state index in [0.29, 0.717) is 5.69 Å². The van der Waals surface area contributed by atoms with Crippen LogP contribution in [0.15, 0.2) is 109 Å². The van der Waals surface area contributed by atoms with E-state index >= 15 is 0 Å². The van der Waals surface area contributed by atoms with Crippen molar-refractivity contribution in [3.05, 3.63) is 144 Å². The fourth-order valence-corrected chi connectivity index (χ4v) is 3.12. The maximum absolute atomic E-state index is 7.00. The molecule has 0 radical (unpaired) electrons. The fraction of sp³-hybridized carbons (Fsp3) is 0.103. The molecule has 0 spiro atoms. The third-order valence-electron chi connectivity index (χ3n) is 4.56. The summed E-state index contributed by atoms with van der Waals surface area (Å²) in [6.07, 6.45) is 21.0. The van der Waals surface area contributed by atoms with Crippen molar-refractivity contribution >= 4 is 30.5 Å². The summed E-state index contributed by atoms with van der Waals surface area (Å²) in [5, 5.41) is 0. The average molecular weight is 552 g/mol. The van der Waals surface area contributed by atoms with Crippen molar-refractivity contribution in [2.75, 3.05) is 0 Å². The predicted molar refractivity (Wildman–Crippen MR) is 142 cm³/mol. The molecule has 3 aliphatic carbocycles. The average Bonchev–Trinajstić information content (AvgIpc) is 3.59. The molecule has 3 aliphatic rings. The van der Waals surface area contributed by atoms with E-state index in [2.05, 4.69) is 66.8 Å². The first-order valence-electron chi connectivity index (χ1n) is 10.1. The van der Waals surface area contributed by atoms with Crippen molar-refractivity contribution in [3.63, 3.8) is 0 Å². The quantitative estimate of drug-likeness (QED) is 0.195. The van der Waals surface area contributed by atoms with Crippen LogP contribution in [0.3, 0.4) is 0 Å². The topological polar surface area (TPSA) is 23.8 Å². The van der Waals surface area contributed by atoms with Crippen LogP contribution >= 0.6 is 24.8 Å². The number of nitrogens with one attached hydrogen (secondary N) is 1. The molecule has 0 aromatic heterocycles. The molecule has 0 unspecified atom stereocenters. The van der Waals surface area contributed by atoms with Crippen molar-refractivity contribution < 1.29 is 26.2 Å². The van der Waals surface area contributed by atoms with Gasteiger partial charge in [0.25, 0.3) is 0 Å². The Hall–Kier alpha value is -2.12. The number of allylic oxidation sites excluding steroid dienone is 8. The molecule has 1 N–H and O–H groups in total. The van der Waals surface area contributed by atoms with Gasteiger partial charge in [-0.05, 0) is 6.42 Å². The van der Waals surface area contributed by atoms with E-state index in [1.54, 1.807) is 12.1 Å². The second-order valence-corrected chi connectivity index (χ2v) is 6.77. The molecule has 6 rings (SSSR count). The molecule has 166 valence electrons. The van der Waals surface area contributed by atoms with E-state index in [-0.39, 0.29) is 51.0 Å². The van der Waals surface area contributed by atoms with Crippen LogP contribution in [0.5, 0.6) is 0 Å². The first-order chi connectivity index (χ1) is 14.8. The van der Waals surface area contributed by atoms with Crippen LogP contribution in [0.25, 0.3) is 16.9 Å². The molecule has 0 bridgehead atoms. The minimum Gasteiger partial charge on any atom is -0.699 e. The van der Waals surface area contributed by atoms with Crippen LogP contribution in [0.2, 0.25) is 0 Å². The first kappa shape index (κ1) is 30.9. The standard InChI is InChI=1S/C13H9.C6H6N.2C5H5.2ClH.Zr/c1-3-7-12-10(5-1)9-11-6-2-4-8-13(11)12;7-6-4-2-1-3-5-6;2*1-2-4-5-3-1;;;/h1-5,7-8H,9H2;1-5,7H;2*1-3H,4H2;2*1H;/q4*-1;;;+4. The first-order valence-corrected chi connectivity index (χ1v) is 10.1. The van der Waals surface area contributed by atoms with Crippen LogP contribution in [-0.2, 0) is 32.6 Å². The van der Waals surface area contributed by atoms with Gasteiger partial charge in [0.1, 0.15) is 0 Å². The second kappa shape index (κ2) is 18.3. The Balaban J connectivity index is 0.000000440. The zero-order valence-corrected chi connectivity index (χ0v) is 22.4. The second-order valence-electron chi connectivity index (χ2n) is 6.77. The molecule has 0 heterocycles. The fourth-order valence-electron chi connectivity index (χ4n) is 3.12. The Kier molecular flexibility index (Phi) is 17.2. The number of halogens is 2. The summed E-state index contributed by atoms with van der Waals surface area (Å²) in [6, 6.07) is 27.2. The van der Waals surface area contributed by atoms with Crippen molar-refractivity contribution in [1.29, 1.82) is 0 Å². The van der Waals surface area contributed by atoms with E-state index in [9.17, 15) is 0 Å². The van der Waals surface area contributed by atoms with Gasteiger partial charge in [-0.2, -0.15) is 42.0 Å². The SMILES string of the molecule is Cl.Cl.[C-]1=CC=CC1.[C-]1=CC=CC1.[NH-]c1ccccc1.[Zr+4].[c-]1cccc2c1Cc1ccccc1-2. The number of hydrogen-bond acceptors (Lipinski definition) is 0. The molecular formula is C29H27Cl2NZr. The molecule has 0 atom stereocenters. The third kappa shape index (κ3) is 11.0. The van der Waals surface area contributed by atoms with Crippen LogP contribution in [0.4, 0.5) is 5.69 Å². The molecular weight excluding hydrogens is 524 g/mol. The summed E-state index contributed by atoms with van der Waals surface area (Å²) >= 11 is 0. The molecule has 4 heteroatoms. The molecule has 0 fully saturated rings. The summed E-state index contributed by atoms with van der Waals surface area (Å²) in [5.74, 6) is 0. The molecule has 0 saturated carbocycles. The Bertz CT molecular complexity index is 955. The van der Waals surface area contributed by atoms with E-state index in [1.807, 2.05) is 48.6 Å². The Labute approximate surface area is 230 Å². The van der Waals surface area contributed by atoms with E-state index < -0.39 is 0 Å². The summed E-state index contributed by atoms with van der Waals surface area (Å²) in [4.78, 5) is 0. The van der Waals surface area contributed by atoms with Gasteiger partial charge in [-0.1, -0.05) is 65.7 Å². The number of rotatable bonds is 0. The summed E-state index contributed by atoms with van der Waals surface area (Å²) in [7, 11) is 0. The van der Waals surface area contributed by atoms with Gasteiger partial charge in [-0.3, -0.25) is 12.2 Å². The number of fused-ring (bicyclic) bond motifs is 3. The summed E-state index contributed by atoms with van der Waals surface area (Å²) in [6.45, 7) is 0. The number of benzene rings is 3. The summed E-state index contributed by atoms with van der Waals surface area (Å²) < 4.78 is 0. The third-order valence-corrected chi connectivity index (χ3v) is 4.56. The molecule has 3 aromatic rings. The van der Waals surface area contributed by atoms with Crippen LogP contribution < -0.4 is 0 Å². The van der Waals surface area contributed by atoms with Gasteiger partial charge < -0.3 is 5.73 Å². The smallest absolute Gasteiger partial charge is 0.699 e. The minimum atomic E-state index is 0. The predicted octanol–water partition coefficient (Wildman–Crippen LogP) is 8.88. The Morgan fingerprint density at radius 1 is 0.667 bits per heavy atom. The molecule has 33 heavy (non-hydrogen) atoms.